The number of rotatable bonds is 4. The van der Waals surface area contributed by atoms with E-state index in [1.165, 1.54) is 0 Å². The summed E-state index contributed by atoms with van der Waals surface area (Å²) in [5.41, 5.74) is 0.683. The SMILES string of the molecule is CCOC(=O)C1=C(O)[C@@H]2[C@@H]3C[C@@H]4[C@@H]2C(O)=C(C(=O)OCC)[C@H]2[C@@H]1[C@H]3[C@H]42. The van der Waals surface area contributed by atoms with Crippen molar-refractivity contribution in [2.24, 2.45) is 47.3 Å². The van der Waals surface area contributed by atoms with Crippen LogP contribution in [0.25, 0.3) is 0 Å². The standard InChI is InChI=1S/C19H22O6/c1-3-24-18(22)14-12-8-6-5-7-9(8)13(12)15(19(23)25-4-2)17(21)11(7)10(6)16(14)20/h6-13,20-21H,3-5H2,1-2H3/t6-,7+,8-,9+,10-,11+,12+,13-. The minimum Gasteiger partial charge on any atom is -0.511 e. The second kappa shape index (κ2) is 4.80. The number of aliphatic hydroxyl groups is 2. The van der Waals surface area contributed by atoms with Crippen LogP contribution in [0.4, 0.5) is 0 Å². The predicted molar refractivity (Wildman–Crippen MR) is 85.1 cm³/mol. The Bertz CT molecular complexity index is 687. The van der Waals surface area contributed by atoms with E-state index in [1.54, 1.807) is 13.8 Å². The molecule has 6 nitrogen and oxygen atoms in total. The number of hydrogen-bond donors (Lipinski definition) is 2. The molecule has 25 heavy (non-hydrogen) atoms. The lowest BCUT2D eigenvalue weighted by molar-refractivity contribution is -0.155. The van der Waals surface area contributed by atoms with Gasteiger partial charge in [-0.05, 0) is 43.9 Å². The smallest absolute Gasteiger partial charge is 0.337 e. The monoisotopic (exact) mass is 346 g/mol. The maximum absolute atomic E-state index is 12.5. The quantitative estimate of drug-likeness (QED) is 0.758. The lowest BCUT2D eigenvalue weighted by Gasteiger charge is -2.63. The van der Waals surface area contributed by atoms with Crippen LogP contribution in [-0.4, -0.2) is 35.4 Å². The first-order valence-electron chi connectivity index (χ1n) is 9.23. The molecule has 5 rings (SSSR count). The zero-order valence-electron chi connectivity index (χ0n) is 14.3. The summed E-state index contributed by atoms with van der Waals surface area (Å²) in [7, 11) is 0. The molecule has 0 aromatic carbocycles. The van der Waals surface area contributed by atoms with Crippen molar-refractivity contribution in [2.75, 3.05) is 13.2 Å². The van der Waals surface area contributed by atoms with Gasteiger partial charge in [0.25, 0.3) is 0 Å². The van der Waals surface area contributed by atoms with Gasteiger partial charge in [-0.15, -0.1) is 0 Å². The van der Waals surface area contributed by atoms with Gasteiger partial charge < -0.3 is 19.7 Å². The minimum absolute atomic E-state index is 0.0924. The number of aliphatic hydroxyl groups excluding tert-OH is 2. The molecule has 0 heterocycles. The van der Waals surface area contributed by atoms with E-state index in [-0.39, 0.29) is 48.4 Å². The molecule has 0 radical (unpaired) electrons. The molecule has 3 saturated carbocycles. The van der Waals surface area contributed by atoms with E-state index in [4.69, 9.17) is 9.47 Å². The van der Waals surface area contributed by atoms with Gasteiger partial charge in [-0.2, -0.15) is 0 Å². The van der Waals surface area contributed by atoms with E-state index in [0.717, 1.165) is 6.42 Å². The fraction of sp³-hybridized carbons (Fsp3) is 0.684. The Morgan fingerprint density at radius 3 is 1.60 bits per heavy atom. The van der Waals surface area contributed by atoms with Crippen molar-refractivity contribution in [3.63, 3.8) is 0 Å². The molecule has 8 atom stereocenters. The van der Waals surface area contributed by atoms with E-state index in [9.17, 15) is 19.8 Å². The molecule has 6 heteroatoms. The molecule has 2 N–H and O–H groups in total. The Balaban J connectivity index is 1.66. The van der Waals surface area contributed by atoms with E-state index in [1.807, 2.05) is 0 Å². The van der Waals surface area contributed by atoms with Crippen molar-refractivity contribution in [1.82, 2.24) is 0 Å². The third-order valence-electron chi connectivity index (χ3n) is 7.34. The largest absolute Gasteiger partial charge is 0.511 e. The van der Waals surface area contributed by atoms with Crippen molar-refractivity contribution in [3.05, 3.63) is 22.7 Å². The number of carbonyl (C=O) groups is 2. The van der Waals surface area contributed by atoms with Gasteiger partial charge in [-0.1, -0.05) is 0 Å². The summed E-state index contributed by atoms with van der Waals surface area (Å²) in [5, 5.41) is 21.7. The third kappa shape index (κ3) is 1.53. The molecule has 0 saturated heterocycles. The van der Waals surface area contributed by atoms with Crippen molar-refractivity contribution in [3.8, 4) is 0 Å². The normalized spacial score (nSPS) is 44.9. The summed E-state index contributed by atoms with van der Waals surface area (Å²) in [6.07, 6.45) is 0.956. The summed E-state index contributed by atoms with van der Waals surface area (Å²) >= 11 is 0. The highest BCUT2D eigenvalue weighted by molar-refractivity contribution is 5.94. The predicted octanol–water partition coefficient (Wildman–Crippen LogP) is 2.12. The zero-order chi connectivity index (χ0) is 17.6. The highest BCUT2D eigenvalue weighted by atomic mass is 16.5. The first-order chi connectivity index (χ1) is 12.0. The van der Waals surface area contributed by atoms with Crippen LogP contribution in [0.5, 0.6) is 0 Å². The minimum atomic E-state index is -0.481. The summed E-state index contributed by atoms with van der Waals surface area (Å²) in [5.74, 6) is -0.582. The molecule has 2 bridgehead atoms. The molecule has 0 aliphatic heterocycles. The van der Waals surface area contributed by atoms with Crippen molar-refractivity contribution in [2.45, 2.75) is 20.3 Å². The maximum atomic E-state index is 12.5. The lowest BCUT2D eigenvalue weighted by Crippen LogP contribution is -2.63. The number of carbonyl (C=O) groups excluding carboxylic acids is 2. The number of fused-ring (bicyclic) bond motifs is 2. The Kier molecular flexibility index (Phi) is 2.94. The molecule has 0 aromatic heterocycles. The first kappa shape index (κ1) is 15.3. The topological polar surface area (TPSA) is 93.1 Å². The van der Waals surface area contributed by atoms with E-state index in [0.29, 0.717) is 34.8 Å². The molecular weight excluding hydrogens is 324 g/mol. The van der Waals surface area contributed by atoms with Crippen LogP contribution < -0.4 is 0 Å². The van der Waals surface area contributed by atoms with Gasteiger partial charge in [-0.3, -0.25) is 0 Å². The number of esters is 2. The summed E-state index contributed by atoms with van der Waals surface area (Å²) in [6.45, 7) is 3.96. The molecule has 0 unspecified atom stereocenters. The maximum Gasteiger partial charge on any atom is 0.337 e. The second-order valence-electron chi connectivity index (χ2n) is 7.86. The zero-order valence-corrected chi connectivity index (χ0v) is 14.3. The van der Waals surface area contributed by atoms with Gasteiger partial charge in [0, 0.05) is 23.7 Å². The summed E-state index contributed by atoms with van der Waals surface area (Å²) < 4.78 is 10.4. The molecule has 5 aliphatic carbocycles. The van der Waals surface area contributed by atoms with Crippen LogP contribution in [0.3, 0.4) is 0 Å². The Hall–Kier alpha value is -1.98. The van der Waals surface area contributed by atoms with Crippen LogP contribution in [-0.2, 0) is 19.1 Å². The van der Waals surface area contributed by atoms with Gasteiger partial charge in [0.1, 0.15) is 11.5 Å². The molecule has 3 fully saturated rings. The van der Waals surface area contributed by atoms with E-state index in [2.05, 4.69) is 0 Å². The van der Waals surface area contributed by atoms with Crippen LogP contribution in [0.2, 0.25) is 0 Å². The second-order valence-corrected chi connectivity index (χ2v) is 7.86. The highest BCUT2D eigenvalue weighted by Gasteiger charge is 2.77. The van der Waals surface area contributed by atoms with Gasteiger partial charge in [0.05, 0.1) is 24.4 Å². The average molecular weight is 346 g/mol. The van der Waals surface area contributed by atoms with Crippen molar-refractivity contribution >= 4 is 11.9 Å². The first-order valence-corrected chi connectivity index (χ1v) is 9.23. The number of ether oxygens (including phenoxy) is 2. The van der Waals surface area contributed by atoms with E-state index < -0.39 is 11.9 Å². The summed E-state index contributed by atoms with van der Waals surface area (Å²) in [6, 6.07) is 0. The van der Waals surface area contributed by atoms with Gasteiger partial charge >= 0.3 is 11.9 Å². The van der Waals surface area contributed by atoms with Crippen LogP contribution in [0, 0.1) is 47.3 Å². The number of hydrogen-bond acceptors (Lipinski definition) is 6. The lowest BCUT2D eigenvalue weighted by atomic mass is 9.40. The van der Waals surface area contributed by atoms with Crippen LogP contribution in [0.15, 0.2) is 22.7 Å². The van der Waals surface area contributed by atoms with Gasteiger partial charge in [0.2, 0.25) is 0 Å². The molecule has 0 aromatic rings. The van der Waals surface area contributed by atoms with Crippen LogP contribution in [0.1, 0.15) is 20.3 Å². The fourth-order valence-electron chi connectivity index (χ4n) is 6.94. The Morgan fingerprint density at radius 2 is 1.24 bits per heavy atom. The highest BCUT2D eigenvalue weighted by Crippen LogP contribution is 2.79. The Morgan fingerprint density at radius 1 is 0.840 bits per heavy atom. The number of allylic oxidation sites excluding steroid dienone is 2. The summed E-state index contributed by atoms with van der Waals surface area (Å²) in [4.78, 5) is 25.0. The Labute approximate surface area is 145 Å². The molecule has 5 aliphatic rings. The van der Waals surface area contributed by atoms with Gasteiger partial charge in [0.15, 0.2) is 0 Å². The molecule has 0 spiro atoms. The van der Waals surface area contributed by atoms with Crippen molar-refractivity contribution < 1.29 is 29.3 Å². The average Bonchev–Trinajstić information content (AvgIpc) is 3.09. The molecule has 134 valence electrons. The van der Waals surface area contributed by atoms with E-state index >= 15 is 0 Å². The van der Waals surface area contributed by atoms with Gasteiger partial charge in [-0.25, -0.2) is 9.59 Å². The van der Waals surface area contributed by atoms with Crippen molar-refractivity contribution in [1.29, 1.82) is 0 Å². The molecule has 0 amide bonds. The third-order valence-corrected chi connectivity index (χ3v) is 7.34. The van der Waals surface area contributed by atoms with Crippen LogP contribution >= 0.6 is 0 Å². The molecular formula is C19H22O6. The fourth-order valence-corrected chi connectivity index (χ4v) is 6.94.